The van der Waals surface area contributed by atoms with Gasteiger partial charge in [-0.25, -0.2) is 0 Å². The Hall–Kier alpha value is -0.730. The quantitative estimate of drug-likeness (QED) is 0.438. The zero-order valence-electron chi connectivity index (χ0n) is 7.30. The fourth-order valence-corrected chi connectivity index (χ4v) is 1.78. The molecule has 1 unspecified atom stereocenters. The Balaban J connectivity index is 2.58. The summed E-state index contributed by atoms with van der Waals surface area (Å²) in [6, 6.07) is 0.507. The Kier molecular flexibility index (Phi) is 2.37. The van der Waals surface area contributed by atoms with E-state index in [1.807, 2.05) is 4.90 Å². The minimum absolute atomic E-state index is 0.237. The van der Waals surface area contributed by atoms with E-state index in [4.69, 9.17) is 11.1 Å². The molecule has 1 heterocycles. The summed E-state index contributed by atoms with van der Waals surface area (Å²) in [5.41, 5.74) is 5.44. The van der Waals surface area contributed by atoms with E-state index < -0.39 is 0 Å². The first-order valence-electron chi connectivity index (χ1n) is 4.23. The molecule has 3 nitrogen and oxygen atoms in total. The van der Waals surface area contributed by atoms with Crippen molar-refractivity contribution in [3.63, 3.8) is 0 Å². The van der Waals surface area contributed by atoms with Gasteiger partial charge in [0.15, 0.2) is 5.96 Å². The first-order chi connectivity index (χ1) is 5.13. The van der Waals surface area contributed by atoms with Crippen molar-refractivity contribution in [2.75, 3.05) is 6.54 Å². The highest BCUT2D eigenvalue weighted by atomic mass is 15.3. The van der Waals surface area contributed by atoms with Gasteiger partial charge in [-0.15, -0.1) is 0 Å². The fraction of sp³-hybridized carbons (Fsp3) is 0.875. The van der Waals surface area contributed by atoms with Crippen molar-refractivity contribution in [1.82, 2.24) is 4.90 Å². The SMILES string of the molecule is CC(C)C1CCCN1C(=N)N. The molecule has 3 heteroatoms. The van der Waals surface area contributed by atoms with Crippen LogP contribution in [0.5, 0.6) is 0 Å². The van der Waals surface area contributed by atoms with Crippen molar-refractivity contribution in [3.05, 3.63) is 0 Å². The first-order valence-corrected chi connectivity index (χ1v) is 4.23. The number of likely N-dealkylation sites (tertiary alicyclic amines) is 1. The number of nitrogens with one attached hydrogen (secondary N) is 1. The molecule has 11 heavy (non-hydrogen) atoms. The molecule has 0 bridgehead atoms. The van der Waals surface area contributed by atoms with Crippen molar-refractivity contribution >= 4 is 5.96 Å². The molecule has 1 aliphatic rings. The molecule has 0 aromatic heterocycles. The molecule has 0 aliphatic carbocycles. The average molecular weight is 155 g/mol. The number of nitrogens with zero attached hydrogens (tertiary/aromatic N) is 1. The molecule has 0 aromatic carbocycles. The Morgan fingerprint density at radius 1 is 1.64 bits per heavy atom. The van der Waals surface area contributed by atoms with E-state index in [0.717, 1.165) is 6.54 Å². The van der Waals surface area contributed by atoms with E-state index in [1.54, 1.807) is 0 Å². The standard InChI is InChI=1S/C8H17N3/c1-6(2)7-4-3-5-11(7)8(9)10/h6-7H,3-5H2,1-2H3,(H3,9,10). The van der Waals surface area contributed by atoms with Crippen LogP contribution in [0.3, 0.4) is 0 Å². The van der Waals surface area contributed by atoms with Crippen molar-refractivity contribution < 1.29 is 0 Å². The van der Waals surface area contributed by atoms with Crippen LogP contribution in [0.4, 0.5) is 0 Å². The van der Waals surface area contributed by atoms with Crippen molar-refractivity contribution in [2.24, 2.45) is 11.7 Å². The van der Waals surface area contributed by atoms with Gasteiger partial charge in [0.25, 0.3) is 0 Å². The lowest BCUT2D eigenvalue weighted by molar-refractivity contribution is 0.305. The molecule has 0 amide bonds. The maximum atomic E-state index is 7.32. The zero-order chi connectivity index (χ0) is 8.43. The Morgan fingerprint density at radius 2 is 2.27 bits per heavy atom. The van der Waals surface area contributed by atoms with Crippen LogP contribution in [0.15, 0.2) is 0 Å². The second kappa shape index (κ2) is 3.11. The number of hydrogen-bond acceptors (Lipinski definition) is 1. The Bertz CT molecular complexity index is 153. The van der Waals surface area contributed by atoms with Crippen LogP contribution in [0.25, 0.3) is 0 Å². The van der Waals surface area contributed by atoms with Gasteiger partial charge in [-0.05, 0) is 18.8 Å². The number of rotatable bonds is 1. The monoisotopic (exact) mass is 155 g/mol. The summed E-state index contributed by atoms with van der Waals surface area (Å²) < 4.78 is 0. The van der Waals surface area contributed by atoms with Crippen LogP contribution in [-0.2, 0) is 0 Å². The number of nitrogens with two attached hydrogens (primary N) is 1. The van der Waals surface area contributed by atoms with E-state index in [0.29, 0.717) is 12.0 Å². The third-order valence-electron chi connectivity index (χ3n) is 2.38. The molecule has 0 saturated carbocycles. The lowest BCUT2D eigenvalue weighted by Crippen LogP contribution is -2.42. The molecule has 1 aliphatic heterocycles. The van der Waals surface area contributed by atoms with Crippen LogP contribution in [0, 0.1) is 11.3 Å². The lowest BCUT2D eigenvalue weighted by Gasteiger charge is -2.27. The number of guanidine groups is 1. The van der Waals surface area contributed by atoms with Gasteiger partial charge >= 0.3 is 0 Å². The van der Waals surface area contributed by atoms with E-state index >= 15 is 0 Å². The van der Waals surface area contributed by atoms with E-state index in [1.165, 1.54) is 12.8 Å². The maximum absolute atomic E-state index is 7.32. The summed E-state index contributed by atoms with van der Waals surface area (Å²) in [5, 5.41) is 7.32. The van der Waals surface area contributed by atoms with Gasteiger partial charge in [-0.1, -0.05) is 13.8 Å². The average Bonchev–Trinajstić information content (AvgIpc) is 2.32. The van der Waals surface area contributed by atoms with Gasteiger partial charge in [0, 0.05) is 12.6 Å². The maximum Gasteiger partial charge on any atom is 0.188 e. The molecule has 1 fully saturated rings. The topological polar surface area (TPSA) is 53.1 Å². The first kappa shape index (κ1) is 8.37. The highest BCUT2D eigenvalue weighted by Gasteiger charge is 2.27. The van der Waals surface area contributed by atoms with E-state index in [9.17, 15) is 0 Å². The van der Waals surface area contributed by atoms with Gasteiger partial charge in [0.1, 0.15) is 0 Å². The summed E-state index contributed by atoms with van der Waals surface area (Å²) in [4.78, 5) is 2.00. The second-order valence-corrected chi connectivity index (χ2v) is 3.53. The molecule has 64 valence electrons. The van der Waals surface area contributed by atoms with E-state index in [2.05, 4.69) is 13.8 Å². The molecular formula is C8H17N3. The predicted octanol–water partition coefficient (Wildman–Crippen LogP) is 1.00. The van der Waals surface area contributed by atoms with Crippen LogP contribution in [0.1, 0.15) is 26.7 Å². The third kappa shape index (κ3) is 1.64. The van der Waals surface area contributed by atoms with Gasteiger partial charge in [0.2, 0.25) is 0 Å². The van der Waals surface area contributed by atoms with Gasteiger partial charge in [-0.2, -0.15) is 0 Å². The highest BCUT2D eigenvalue weighted by molar-refractivity contribution is 5.75. The summed E-state index contributed by atoms with van der Waals surface area (Å²) in [6.07, 6.45) is 2.37. The summed E-state index contributed by atoms with van der Waals surface area (Å²) in [7, 11) is 0. The van der Waals surface area contributed by atoms with Crippen LogP contribution in [-0.4, -0.2) is 23.4 Å². The molecule has 1 rings (SSSR count). The van der Waals surface area contributed by atoms with Crippen LogP contribution < -0.4 is 5.73 Å². The number of hydrogen-bond donors (Lipinski definition) is 2. The molecule has 0 radical (unpaired) electrons. The highest BCUT2D eigenvalue weighted by Crippen LogP contribution is 2.22. The minimum Gasteiger partial charge on any atom is -0.370 e. The Labute approximate surface area is 68.1 Å². The third-order valence-corrected chi connectivity index (χ3v) is 2.38. The van der Waals surface area contributed by atoms with Crippen LogP contribution in [0.2, 0.25) is 0 Å². The second-order valence-electron chi connectivity index (χ2n) is 3.53. The summed E-state index contributed by atoms with van der Waals surface area (Å²) in [5.74, 6) is 0.850. The molecule has 0 spiro atoms. The minimum atomic E-state index is 0.237. The van der Waals surface area contributed by atoms with Crippen molar-refractivity contribution in [1.29, 1.82) is 5.41 Å². The van der Waals surface area contributed by atoms with E-state index in [-0.39, 0.29) is 5.96 Å². The molecular weight excluding hydrogens is 138 g/mol. The van der Waals surface area contributed by atoms with Gasteiger partial charge < -0.3 is 10.6 Å². The molecule has 1 saturated heterocycles. The molecule has 1 atom stereocenters. The van der Waals surface area contributed by atoms with Gasteiger partial charge in [-0.3, -0.25) is 5.41 Å². The van der Waals surface area contributed by atoms with Crippen molar-refractivity contribution in [2.45, 2.75) is 32.7 Å². The zero-order valence-corrected chi connectivity index (χ0v) is 7.30. The van der Waals surface area contributed by atoms with Crippen molar-refractivity contribution in [3.8, 4) is 0 Å². The normalized spacial score (nSPS) is 24.6. The molecule has 0 aromatic rings. The lowest BCUT2D eigenvalue weighted by atomic mass is 10.0. The largest absolute Gasteiger partial charge is 0.370 e. The van der Waals surface area contributed by atoms with Crippen LogP contribution >= 0.6 is 0 Å². The fourth-order valence-electron chi connectivity index (χ4n) is 1.78. The summed E-state index contributed by atoms with van der Waals surface area (Å²) >= 11 is 0. The summed E-state index contributed by atoms with van der Waals surface area (Å²) in [6.45, 7) is 5.34. The Morgan fingerprint density at radius 3 is 2.64 bits per heavy atom. The smallest absolute Gasteiger partial charge is 0.188 e. The van der Waals surface area contributed by atoms with Gasteiger partial charge in [0.05, 0.1) is 0 Å². The molecule has 3 N–H and O–H groups in total. The predicted molar refractivity (Wildman–Crippen MR) is 46.5 cm³/mol.